The van der Waals surface area contributed by atoms with Crippen molar-refractivity contribution in [2.45, 2.75) is 39.2 Å². The van der Waals surface area contributed by atoms with Gasteiger partial charge < -0.3 is 19.8 Å². The van der Waals surface area contributed by atoms with Gasteiger partial charge in [-0.15, -0.1) is 0 Å². The van der Waals surface area contributed by atoms with Crippen LogP contribution in [0, 0.1) is 5.92 Å². The highest BCUT2D eigenvalue weighted by atomic mass is 16.4. The van der Waals surface area contributed by atoms with Gasteiger partial charge in [-0.3, -0.25) is 4.79 Å². The van der Waals surface area contributed by atoms with Gasteiger partial charge in [-0.05, 0) is 32.9 Å². The van der Waals surface area contributed by atoms with E-state index in [0.29, 0.717) is 25.6 Å². The van der Waals surface area contributed by atoms with Crippen molar-refractivity contribution in [3.05, 3.63) is 0 Å². The Labute approximate surface area is 127 Å². The summed E-state index contributed by atoms with van der Waals surface area (Å²) >= 11 is 0. The molecule has 6 nitrogen and oxygen atoms in total. The van der Waals surface area contributed by atoms with Crippen molar-refractivity contribution in [3.63, 3.8) is 0 Å². The SMILES string of the molecule is CC(C)CN(CCN(C)C)C(=O)N(CCC(=O)O)C1CC1. The molecule has 0 radical (unpaired) electrons. The van der Waals surface area contributed by atoms with E-state index < -0.39 is 5.97 Å². The van der Waals surface area contributed by atoms with E-state index in [9.17, 15) is 9.59 Å². The van der Waals surface area contributed by atoms with Crippen molar-refractivity contribution in [1.82, 2.24) is 14.7 Å². The van der Waals surface area contributed by atoms with Crippen LogP contribution in [0.4, 0.5) is 4.79 Å². The molecule has 0 saturated heterocycles. The minimum atomic E-state index is -0.850. The lowest BCUT2D eigenvalue weighted by atomic mass is 10.2. The number of urea groups is 1. The summed E-state index contributed by atoms with van der Waals surface area (Å²) in [7, 11) is 3.97. The largest absolute Gasteiger partial charge is 0.481 e. The van der Waals surface area contributed by atoms with Gasteiger partial charge >= 0.3 is 12.0 Å². The zero-order valence-electron chi connectivity index (χ0n) is 13.7. The Morgan fingerprint density at radius 2 is 1.76 bits per heavy atom. The minimum Gasteiger partial charge on any atom is -0.481 e. The van der Waals surface area contributed by atoms with E-state index in [1.165, 1.54) is 0 Å². The van der Waals surface area contributed by atoms with Crippen LogP contribution in [0.25, 0.3) is 0 Å². The second-order valence-electron chi connectivity index (χ2n) is 6.49. The molecule has 1 aliphatic carbocycles. The number of carbonyl (C=O) groups is 2. The van der Waals surface area contributed by atoms with Gasteiger partial charge in [0.15, 0.2) is 0 Å². The van der Waals surface area contributed by atoms with E-state index in [2.05, 4.69) is 18.7 Å². The fraction of sp³-hybridized carbons (Fsp3) is 0.867. The predicted octanol–water partition coefficient (Wildman–Crippen LogP) is 1.57. The normalized spacial score (nSPS) is 14.6. The standard InChI is InChI=1S/C15H29N3O3/c1-12(2)11-17(10-9-16(3)4)15(21)18(13-5-6-13)8-7-14(19)20/h12-13H,5-11H2,1-4H3,(H,19,20). The highest BCUT2D eigenvalue weighted by Crippen LogP contribution is 2.28. The Morgan fingerprint density at radius 3 is 2.19 bits per heavy atom. The summed E-state index contributed by atoms with van der Waals surface area (Å²) in [6.45, 7) is 6.71. The zero-order chi connectivity index (χ0) is 16.0. The quantitative estimate of drug-likeness (QED) is 0.702. The van der Waals surface area contributed by atoms with E-state index in [0.717, 1.165) is 19.4 Å². The maximum absolute atomic E-state index is 12.7. The summed E-state index contributed by atoms with van der Waals surface area (Å²) < 4.78 is 0. The molecular formula is C15H29N3O3. The molecular weight excluding hydrogens is 270 g/mol. The van der Waals surface area contributed by atoms with Crippen LogP contribution >= 0.6 is 0 Å². The molecule has 21 heavy (non-hydrogen) atoms. The summed E-state index contributed by atoms with van der Waals surface area (Å²) in [5, 5.41) is 8.85. The lowest BCUT2D eigenvalue weighted by molar-refractivity contribution is -0.137. The third kappa shape index (κ3) is 6.80. The predicted molar refractivity (Wildman–Crippen MR) is 82.3 cm³/mol. The fourth-order valence-corrected chi connectivity index (χ4v) is 2.24. The molecule has 0 bridgehead atoms. The summed E-state index contributed by atoms with van der Waals surface area (Å²) in [5.41, 5.74) is 0. The fourth-order valence-electron chi connectivity index (χ4n) is 2.24. The average molecular weight is 299 g/mol. The molecule has 0 heterocycles. The maximum Gasteiger partial charge on any atom is 0.320 e. The molecule has 1 fully saturated rings. The van der Waals surface area contributed by atoms with Crippen LogP contribution in [0.15, 0.2) is 0 Å². The van der Waals surface area contributed by atoms with Crippen LogP contribution in [-0.2, 0) is 4.79 Å². The van der Waals surface area contributed by atoms with Gasteiger partial charge in [0.05, 0.1) is 6.42 Å². The molecule has 1 N–H and O–H groups in total. The molecule has 0 unspecified atom stereocenters. The van der Waals surface area contributed by atoms with Crippen LogP contribution in [0.3, 0.4) is 0 Å². The number of carbonyl (C=O) groups excluding carboxylic acids is 1. The van der Waals surface area contributed by atoms with Gasteiger partial charge in [-0.1, -0.05) is 13.8 Å². The first-order valence-corrected chi connectivity index (χ1v) is 7.73. The van der Waals surface area contributed by atoms with Gasteiger partial charge in [-0.2, -0.15) is 0 Å². The van der Waals surface area contributed by atoms with Crippen LogP contribution in [0.1, 0.15) is 33.1 Å². The van der Waals surface area contributed by atoms with Crippen molar-refractivity contribution in [1.29, 1.82) is 0 Å². The number of likely N-dealkylation sites (N-methyl/N-ethyl adjacent to an activating group) is 1. The summed E-state index contributed by atoms with van der Waals surface area (Å²) in [6, 6.07) is 0.236. The van der Waals surface area contributed by atoms with E-state index >= 15 is 0 Å². The summed E-state index contributed by atoms with van der Waals surface area (Å²) in [6.07, 6.45) is 2.01. The highest BCUT2D eigenvalue weighted by Gasteiger charge is 2.35. The summed E-state index contributed by atoms with van der Waals surface area (Å²) in [4.78, 5) is 29.2. The third-order valence-corrected chi connectivity index (χ3v) is 3.47. The Bertz CT molecular complexity index is 354. The van der Waals surface area contributed by atoms with E-state index in [4.69, 9.17) is 5.11 Å². The zero-order valence-corrected chi connectivity index (χ0v) is 13.7. The molecule has 1 rings (SSSR count). The molecule has 0 aromatic heterocycles. The first kappa shape index (κ1) is 17.8. The topological polar surface area (TPSA) is 64.1 Å². The number of amides is 2. The Hall–Kier alpha value is -1.30. The molecule has 0 spiro atoms. The first-order chi connectivity index (χ1) is 9.81. The second kappa shape index (κ2) is 8.22. The monoisotopic (exact) mass is 299 g/mol. The van der Waals surface area contributed by atoms with Crippen LogP contribution in [-0.4, -0.2) is 78.1 Å². The van der Waals surface area contributed by atoms with Crippen molar-refractivity contribution in [2.24, 2.45) is 5.92 Å². The van der Waals surface area contributed by atoms with Crippen molar-refractivity contribution < 1.29 is 14.7 Å². The van der Waals surface area contributed by atoms with Crippen LogP contribution in [0.2, 0.25) is 0 Å². The van der Waals surface area contributed by atoms with E-state index in [1.54, 1.807) is 4.90 Å². The van der Waals surface area contributed by atoms with E-state index in [-0.39, 0.29) is 18.5 Å². The molecule has 0 aliphatic heterocycles. The third-order valence-electron chi connectivity index (χ3n) is 3.47. The van der Waals surface area contributed by atoms with Crippen LogP contribution < -0.4 is 0 Å². The number of hydrogen-bond acceptors (Lipinski definition) is 3. The number of carboxylic acid groups (broad SMARTS) is 1. The number of aliphatic carboxylic acids is 1. The molecule has 1 saturated carbocycles. The summed E-state index contributed by atoms with van der Waals surface area (Å²) in [5.74, 6) is -0.450. The Balaban J connectivity index is 2.66. The van der Waals surface area contributed by atoms with Crippen molar-refractivity contribution >= 4 is 12.0 Å². The molecule has 1 aliphatic rings. The molecule has 0 aromatic carbocycles. The van der Waals surface area contributed by atoms with Crippen molar-refractivity contribution in [3.8, 4) is 0 Å². The average Bonchev–Trinajstić information content (AvgIpc) is 3.17. The minimum absolute atomic E-state index is 0.00528. The van der Waals surface area contributed by atoms with Crippen molar-refractivity contribution in [2.75, 3.05) is 40.3 Å². The maximum atomic E-state index is 12.7. The first-order valence-electron chi connectivity index (χ1n) is 7.73. The molecule has 0 atom stereocenters. The van der Waals surface area contributed by atoms with Gasteiger partial charge in [0.25, 0.3) is 0 Å². The second-order valence-corrected chi connectivity index (χ2v) is 6.49. The number of hydrogen-bond donors (Lipinski definition) is 1. The van der Waals surface area contributed by atoms with E-state index in [1.807, 2.05) is 19.0 Å². The van der Waals surface area contributed by atoms with Gasteiger partial charge in [0, 0.05) is 32.2 Å². The number of nitrogens with zero attached hydrogens (tertiary/aromatic N) is 3. The van der Waals surface area contributed by atoms with Crippen LogP contribution in [0.5, 0.6) is 0 Å². The lowest BCUT2D eigenvalue weighted by Crippen LogP contribution is -2.48. The number of rotatable bonds is 9. The lowest BCUT2D eigenvalue weighted by Gasteiger charge is -2.32. The number of carboxylic acids is 1. The smallest absolute Gasteiger partial charge is 0.320 e. The van der Waals surface area contributed by atoms with Gasteiger partial charge in [0.2, 0.25) is 0 Å². The van der Waals surface area contributed by atoms with Gasteiger partial charge in [0.1, 0.15) is 0 Å². The highest BCUT2D eigenvalue weighted by molar-refractivity contribution is 5.76. The Kier molecular flexibility index (Phi) is 6.95. The molecule has 0 aromatic rings. The molecule has 2 amide bonds. The molecule has 6 heteroatoms. The van der Waals surface area contributed by atoms with Gasteiger partial charge in [-0.25, -0.2) is 4.79 Å². The molecule has 122 valence electrons. The Morgan fingerprint density at radius 1 is 1.14 bits per heavy atom.